The number of hydrogen-bond donors (Lipinski definition) is 1. The van der Waals surface area contributed by atoms with E-state index in [4.69, 9.17) is 0 Å². The van der Waals surface area contributed by atoms with Gasteiger partial charge in [0.2, 0.25) is 0 Å². The van der Waals surface area contributed by atoms with Crippen LogP contribution in [-0.4, -0.2) is 27.1 Å². The quantitative estimate of drug-likeness (QED) is 0.483. The SMILES string of the molecule is C/C(=N/NC(=O)c1ccc(N(C)S(=O)(=O)c2ccccc2)cc1)c1ccc(C)cc1. The van der Waals surface area contributed by atoms with Gasteiger partial charge in [-0.05, 0) is 55.8 Å². The van der Waals surface area contributed by atoms with Crippen LogP contribution in [0.25, 0.3) is 0 Å². The van der Waals surface area contributed by atoms with Crippen molar-refractivity contribution in [3.05, 3.63) is 95.6 Å². The number of hydrazone groups is 1. The Morgan fingerprint density at radius 3 is 2.03 bits per heavy atom. The van der Waals surface area contributed by atoms with Crippen molar-refractivity contribution in [1.82, 2.24) is 5.43 Å². The second-order valence-corrected chi connectivity index (χ2v) is 8.81. The Labute approximate surface area is 176 Å². The Morgan fingerprint density at radius 1 is 0.867 bits per heavy atom. The number of nitrogens with zero attached hydrogens (tertiary/aromatic N) is 2. The smallest absolute Gasteiger partial charge is 0.269 e. The zero-order valence-electron chi connectivity index (χ0n) is 17.0. The summed E-state index contributed by atoms with van der Waals surface area (Å²) in [5.41, 5.74) is 6.12. The van der Waals surface area contributed by atoms with Gasteiger partial charge in [-0.2, -0.15) is 5.10 Å². The van der Waals surface area contributed by atoms with Crippen molar-refractivity contribution in [2.24, 2.45) is 5.10 Å². The van der Waals surface area contributed by atoms with Crippen LogP contribution in [0.1, 0.15) is 28.4 Å². The first-order valence-electron chi connectivity index (χ1n) is 9.35. The summed E-state index contributed by atoms with van der Waals surface area (Å²) in [7, 11) is -2.19. The number of carbonyl (C=O) groups excluding carboxylic acids is 1. The number of hydrogen-bond acceptors (Lipinski definition) is 4. The Morgan fingerprint density at radius 2 is 1.43 bits per heavy atom. The van der Waals surface area contributed by atoms with Gasteiger partial charge >= 0.3 is 0 Å². The number of nitrogens with one attached hydrogen (secondary N) is 1. The van der Waals surface area contributed by atoms with Crippen LogP contribution in [-0.2, 0) is 10.0 Å². The lowest BCUT2D eigenvalue weighted by Gasteiger charge is -2.19. The minimum absolute atomic E-state index is 0.204. The first kappa shape index (κ1) is 21.3. The van der Waals surface area contributed by atoms with Gasteiger partial charge in [0.1, 0.15) is 0 Å². The molecule has 0 radical (unpaired) electrons. The summed E-state index contributed by atoms with van der Waals surface area (Å²) < 4.78 is 26.6. The molecule has 0 heterocycles. The van der Waals surface area contributed by atoms with E-state index in [2.05, 4.69) is 10.5 Å². The lowest BCUT2D eigenvalue weighted by molar-refractivity contribution is 0.0955. The fraction of sp³-hybridized carbons (Fsp3) is 0.130. The summed E-state index contributed by atoms with van der Waals surface area (Å²) in [5.74, 6) is -0.374. The third-order valence-electron chi connectivity index (χ3n) is 4.69. The zero-order valence-corrected chi connectivity index (χ0v) is 17.8. The first-order chi connectivity index (χ1) is 14.3. The molecular weight excluding hydrogens is 398 g/mol. The normalized spacial score (nSPS) is 11.8. The molecule has 0 spiro atoms. The fourth-order valence-corrected chi connectivity index (χ4v) is 3.99. The molecule has 0 bridgehead atoms. The van der Waals surface area contributed by atoms with Crippen molar-refractivity contribution in [1.29, 1.82) is 0 Å². The molecule has 3 rings (SSSR count). The summed E-state index contributed by atoms with van der Waals surface area (Å²) in [6, 6.07) is 22.4. The van der Waals surface area contributed by atoms with E-state index < -0.39 is 10.0 Å². The summed E-state index contributed by atoms with van der Waals surface area (Å²) in [6.45, 7) is 3.82. The van der Waals surface area contributed by atoms with Gasteiger partial charge in [0.25, 0.3) is 15.9 Å². The van der Waals surface area contributed by atoms with Crippen LogP contribution in [0.2, 0.25) is 0 Å². The van der Waals surface area contributed by atoms with Crippen LogP contribution in [0, 0.1) is 6.92 Å². The molecule has 0 aliphatic heterocycles. The molecule has 7 heteroatoms. The van der Waals surface area contributed by atoms with E-state index in [1.807, 2.05) is 38.1 Å². The third kappa shape index (κ3) is 4.75. The third-order valence-corrected chi connectivity index (χ3v) is 6.49. The summed E-state index contributed by atoms with van der Waals surface area (Å²) in [5, 5.41) is 4.15. The molecular formula is C23H23N3O3S. The van der Waals surface area contributed by atoms with Gasteiger partial charge in [0.15, 0.2) is 0 Å². The molecule has 0 unspecified atom stereocenters. The van der Waals surface area contributed by atoms with Crippen LogP contribution in [0.5, 0.6) is 0 Å². The minimum Gasteiger partial charge on any atom is -0.269 e. The Kier molecular flexibility index (Phi) is 6.32. The van der Waals surface area contributed by atoms with Crippen LogP contribution in [0.3, 0.4) is 0 Å². The van der Waals surface area contributed by atoms with Crippen molar-refractivity contribution < 1.29 is 13.2 Å². The molecule has 0 saturated heterocycles. The largest absolute Gasteiger partial charge is 0.271 e. The molecule has 154 valence electrons. The highest BCUT2D eigenvalue weighted by molar-refractivity contribution is 7.92. The van der Waals surface area contributed by atoms with E-state index in [0.717, 1.165) is 11.1 Å². The molecule has 1 N–H and O–H groups in total. The number of amides is 1. The fourth-order valence-electron chi connectivity index (χ4n) is 2.77. The molecule has 6 nitrogen and oxygen atoms in total. The summed E-state index contributed by atoms with van der Waals surface area (Å²) in [6.07, 6.45) is 0. The topological polar surface area (TPSA) is 78.8 Å². The highest BCUT2D eigenvalue weighted by Gasteiger charge is 2.21. The predicted molar refractivity (Wildman–Crippen MR) is 119 cm³/mol. The Balaban J connectivity index is 1.71. The number of anilines is 1. The summed E-state index contributed by atoms with van der Waals surface area (Å²) >= 11 is 0. The highest BCUT2D eigenvalue weighted by Crippen LogP contribution is 2.22. The Bertz CT molecular complexity index is 1150. The molecule has 3 aromatic rings. The van der Waals surface area contributed by atoms with Crippen LogP contribution in [0.4, 0.5) is 5.69 Å². The van der Waals surface area contributed by atoms with Gasteiger partial charge < -0.3 is 0 Å². The van der Waals surface area contributed by atoms with Crippen molar-refractivity contribution in [2.75, 3.05) is 11.4 Å². The van der Waals surface area contributed by atoms with E-state index in [9.17, 15) is 13.2 Å². The molecule has 1 amide bonds. The standard InChI is InChI=1S/C23H23N3O3S/c1-17-9-11-19(12-10-17)18(2)24-25-23(27)20-13-15-21(16-14-20)26(3)30(28,29)22-7-5-4-6-8-22/h4-16H,1-3H3,(H,25,27)/b24-18-. The molecule has 0 aliphatic carbocycles. The Hall–Kier alpha value is -3.45. The molecule has 0 atom stereocenters. The number of rotatable bonds is 6. The predicted octanol–water partition coefficient (Wildman–Crippen LogP) is 3.97. The second kappa shape index (κ2) is 8.92. The lowest BCUT2D eigenvalue weighted by atomic mass is 10.1. The maximum Gasteiger partial charge on any atom is 0.271 e. The first-order valence-corrected chi connectivity index (χ1v) is 10.8. The lowest BCUT2D eigenvalue weighted by Crippen LogP contribution is -2.26. The summed E-state index contributed by atoms with van der Waals surface area (Å²) in [4.78, 5) is 12.6. The molecule has 0 saturated carbocycles. The van der Waals surface area contributed by atoms with E-state index in [0.29, 0.717) is 17.0 Å². The zero-order chi connectivity index (χ0) is 21.7. The molecule has 3 aromatic carbocycles. The van der Waals surface area contributed by atoms with Gasteiger partial charge in [0, 0.05) is 12.6 Å². The minimum atomic E-state index is -3.67. The molecule has 0 aromatic heterocycles. The average Bonchev–Trinajstić information content (AvgIpc) is 2.78. The van der Waals surface area contributed by atoms with Crippen LogP contribution >= 0.6 is 0 Å². The van der Waals surface area contributed by atoms with Gasteiger partial charge in [-0.25, -0.2) is 13.8 Å². The molecule has 30 heavy (non-hydrogen) atoms. The number of aryl methyl sites for hydroxylation is 1. The van der Waals surface area contributed by atoms with Gasteiger partial charge in [-0.3, -0.25) is 9.10 Å². The maximum atomic E-state index is 12.7. The molecule has 0 aliphatic rings. The van der Waals surface area contributed by atoms with Crippen LogP contribution in [0.15, 0.2) is 88.9 Å². The number of benzene rings is 3. The average molecular weight is 422 g/mol. The maximum absolute atomic E-state index is 12.7. The van der Waals surface area contributed by atoms with E-state index in [1.54, 1.807) is 54.6 Å². The van der Waals surface area contributed by atoms with Crippen molar-refractivity contribution >= 4 is 27.3 Å². The molecule has 0 fully saturated rings. The highest BCUT2D eigenvalue weighted by atomic mass is 32.2. The number of sulfonamides is 1. The van der Waals surface area contributed by atoms with Gasteiger partial charge in [-0.15, -0.1) is 0 Å². The van der Waals surface area contributed by atoms with Crippen molar-refractivity contribution in [3.8, 4) is 0 Å². The van der Waals surface area contributed by atoms with Crippen molar-refractivity contribution in [3.63, 3.8) is 0 Å². The monoisotopic (exact) mass is 421 g/mol. The van der Waals surface area contributed by atoms with E-state index in [1.165, 1.54) is 11.4 Å². The van der Waals surface area contributed by atoms with E-state index >= 15 is 0 Å². The van der Waals surface area contributed by atoms with Crippen molar-refractivity contribution in [2.45, 2.75) is 18.7 Å². The van der Waals surface area contributed by atoms with Gasteiger partial charge in [-0.1, -0.05) is 48.0 Å². The second-order valence-electron chi connectivity index (χ2n) is 6.84. The van der Waals surface area contributed by atoms with Gasteiger partial charge in [0.05, 0.1) is 16.3 Å². The van der Waals surface area contributed by atoms with Crippen LogP contribution < -0.4 is 9.73 Å². The van der Waals surface area contributed by atoms with E-state index in [-0.39, 0.29) is 10.8 Å². The number of carbonyl (C=O) groups is 1.